The predicted octanol–water partition coefficient (Wildman–Crippen LogP) is 1.73. The van der Waals surface area contributed by atoms with Crippen LogP contribution in [0.3, 0.4) is 0 Å². The van der Waals surface area contributed by atoms with Gasteiger partial charge in [0.1, 0.15) is 5.56 Å². The topological polar surface area (TPSA) is 72.3 Å². The van der Waals surface area contributed by atoms with Crippen molar-refractivity contribution >= 4 is 5.97 Å². The third-order valence-electron chi connectivity index (χ3n) is 2.01. The fourth-order valence-corrected chi connectivity index (χ4v) is 1.09. The first kappa shape index (κ1) is 13.2. The normalized spacial score (nSPS) is 11.4. The van der Waals surface area contributed by atoms with Crippen molar-refractivity contribution < 1.29 is 27.8 Å². The summed E-state index contributed by atoms with van der Waals surface area (Å²) in [5.74, 6) is -2.03. The van der Waals surface area contributed by atoms with Gasteiger partial charge < -0.3 is 9.84 Å². The number of hydrogen-bond donors (Lipinski definition) is 1. The van der Waals surface area contributed by atoms with E-state index in [0.29, 0.717) is 5.69 Å². The molecule has 1 rings (SSSR count). The molecule has 8 heteroatoms. The summed E-state index contributed by atoms with van der Waals surface area (Å²) < 4.78 is 40.1. The van der Waals surface area contributed by atoms with Gasteiger partial charge in [0.05, 0.1) is 5.69 Å². The summed E-state index contributed by atoms with van der Waals surface area (Å²) in [6, 6.07) is 0. The van der Waals surface area contributed by atoms with Crippen LogP contribution in [0.1, 0.15) is 21.6 Å². The molecule has 1 aromatic rings. The molecule has 0 aliphatic carbocycles. The minimum atomic E-state index is -4.56. The van der Waals surface area contributed by atoms with Gasteiger partial charge in [0.25, 0.3) is 0 Å². The highest BCUT2D eigenvalue weighted by molar-refractivity contribution is 5.91. The Morgan fingerprint density at radius 3 is 2.41 bits per heavy atom. The summed E-state index contributed by atoms with van der Waals surface area (Å²) in [7, 11) is 0. The van der Waals surface area contributed by atoms with Crippen LogP contribution in [0.5, 0.6) is 5.88 Å². The van der Waals surface area contributed by atoms with E-state index in [4.69, 9.17) is 5.11 Å². The molecule has 0 unspecified atom stereocenters. The van der Waals surface area contributed by atoms with E-state index in [1.807, 2.05) is 0 Å². The van der Waals surface area contributed by atoms with E-state index in [0.717, 1.165) is 0 Å². The van der Waals surface area contributed by atoms with Crippen molar-refractivity contribution in [3.05, 3.63) is 16.8 Å². The van der Waals surface area contributed by atoms with Crippen molar-refractivity contribution in [1.82, 2.24) is 10.2 Å². The van der Waals surface area contributed by atoms with Gasteiger partial charge in [0, 0.05) is 0 Å². The molecule has 0 spiro atoms. The van der Waals surface area contributed by atoms with Gasteiger partial charge in [-0.1, -0.05) is 0 Å². The number of hydrogen-bond acceptors (Lipinski definition) is 4. The quantitative estimate of drug-likeness (QED) is 0.884. The third kappa shape index (κ3) is 3.30. The molecule has 17 heavy (non-hydrogen) atoms. The zero-order valence-electron chi connectivity index (χ0n) is 9.00. The van der Waals surface area contributed by atoms with Gasteiger partial charge in [-0.3, -0.25) is 0 Å². The van der Waals surface area contributed by atoms with E-state index in [-0.39, 0.29) is 5.56 Å². The Morgan fingerprint density at radius 2 is 1.94 bits per heavy atom. The fraction of sp³-hybridized carbons (Fsp3) is 0.444. The maximum Gasteiger partial charge on any atom is 0.422 e. The maximum atomic E-state index is 11.9. The molecule has 1 aromatic heterocycles. The molecule has 0 saturated heterocycles. The van der Waals surface area contributed by atoms with Crippen LogP contribution in [-0.4, -0.2) is 34.1 Å². The largest absolute Gasteiger partial charge is 0.477 e. The highest BCUT2D eigenvalue weighted by Crippen LogP contribution is 2.23. The molecule has 0 saturated carbocycles. The summed E-state index contributed by atoms with van der Waals surface area (Å²) in [5.41, 5.74) is 0.146. The van der Waals surface area contributed by atoms with Crippen LogP contribution in [-0.2, 0) is 0 Å². The summed E-state index contributed by atoms with van der Waals surface area (Å²) in [4.78, 5) is 10.9. The van der Waals surface area contributed by atoms with Crippen LogP contribution in [0, 0.1) is 13.8 Å². The van der Waals surface area contributed by atoms with Crippen molar-refractivity contribution in [2.45, 2.75) is 20.0 Å². The number of ether oxygens (including phenoxy) is 1. The SMILES string of the molecule is Cc1nnc(OCC(F)(F)F)c(C(=O)O)c1C. The second-order valence-electron chi connectivity index (χ2n) is 3.30. The Kier molecular flexibility index (Phi) is 3.54. The maximum absolute atomic E-state index is 11.9. The number of rotatable bonds is 3. The molecule has 0 aliphatic heterocycles. The Bertz CT molecular complexity index is 446. The molecular formula is C9H9F3N2O3. The molecular weight excluding hydrogens is 241 g/mol. The van der Waals surface area contributed by atoms with Crippen LogP contribution < -0.4 is 4.74 Å². The van der Waals surface area contributed by atoms with Gasteiger partial charge >= 0.3 is 12.1 Å². The monoisotopic (exact) mass is 250 g/mol. The number of carboxylic acids is 1. The van der Waals surface area contributed by atoms with E-state index in [9.17, 15) is 18.0 Å². The van der Waals surface area contributed by atoms with Crippen molar-refractivity contribution in [1.29, 1.82) is 0 Å². The van der Waals surface area contributed by atoms with E-state index < -0.39 is 30.2 Å². The first-order valence-electron chi connectivity index (χ1n) is 4.49. The molecule has 0 aromatic carbocycles. The second kappa shape index (κ2) is 4.56. The minimum absolute atomic E-state index is 0.227. The molecule has 5 nitrogen and oxygen atoms in total. The number of carbonyl (C=O) groups is 1. The van der Waals surface area contributed by atoms with E-state index in [1.54, 1.807) is 0 Å². The third-order valence-corrected chi connectivity index (χ3v) is 2.01. The smallest absolute Gasteiger partial charge is 0.422 e. The van der Waals surface area contributed by atoms with Gasteiger partial charge in [0.15, 0.2) is 6.61 Å². The average Bonchev–Trinajstić information content (AvgIpc) is 2.18. The second-order valence-corrected chi connectivity index (χ2v) is 3.30. The summed E-state index contributed by atoms with van der Waals surface area (Å²) in [5, 5.41) is 15.7. The van der Waals surface area contributed by atoms with Crippen LogP contribution >= 0.6 is 0 Å². The van der Waals surface area contributed by atoms with E-state index in [2.05, 4.69) is 14.9 Å². The first-order valence-corrected chi connectivity index (χ1v) is 4.49. The van der Waals surface area contributed by atoms with Crippen LogP contribution in [0.25, 0.3) is 0 Å². The molecule has 1 N–H and O–H groups in total. The minimum Gasteiger partial charge on any atom is -0.477 e. The van der Waals surface area contributed by atoms with Crippen molar-refractivity contribution in [3.8, 4) is 5.88 Å². The molecule has 0 amide bonds. The van der Waals surface area contributed by atoms with Crippen LogP contribution in [0.15, 0.2) is 0 Å². The summed E-state index contributed by atoms with van der Waals surface area (Å²) in [6.45, 7) is 1.32. The van der Waals surface area contributed by atoms with Crippen molar-refractivity contribution in [2.75, 3.05) is 6.61 Å². The first-order chi connectivity index (χ1) is 7.72. The summed E-state index contributed by atoms with van der Waals surface area (Å²) >= 11 is 0. The van der Waals surface area contributed by atoms with E-state index in [1.165, 1.54) is 13.8 Å². The lowest BCUT2D eigenvalue weighted by Crippen LogP contribution is -2.21. The van der Waals surface area contributed by atoms with E-state index >= 15 is 0 Å². The van der Waals surface area contributed by atoms with Crippen LogP contribution in [0.4, 0.5) is 13.2 Å². The van der Waals surface area contributed by atoms with Gasteiger partial charge in [-0.2, -0.15) is 18.3 Å². The number of halogens is 3. The fourth-order valence-electron chi connectivity index (χ4n) is 1.09. The summed E-state index contributed by atoms with van der Waals surface area (Å²) in [6.07, 6.45) is -4.56. The molecule has 1 heterocycles. The Morgan fingerprint density at radius 1 is 1.35 bits per heavy atom. The number of carboxylic acid groups (broad SMARTS) is 1. The predicted molar refractivity (Wildman–Crippen MR) is 50.0 cm³/mol. The molecule has 94 valence electrons. The highest BCUT2D eigenvalue weighted by atomic mass is 19.4. The number of alkyl halides is 3. The average molecular weight is 250 g/mol. The zero-order chi connectivity index (χ0) is 13.2. The van der Waals surface area contributed by atoms with Gasteiger partial charge in [0.2, 0.25) is 5.88 Å². The number of aromatic nitrogens is 2. The Labute approximate surface area is 94.2 Å². The lowest BCUT2D eigenvalue weighted by atomic mass is 10.1. The van der Waals surface area contributed by atoms with Crippen molar-refractivity contribution in [2.24, 2.45) is 0 Å². The van der Waals surface area contributed by atoms with Gasteiger partial charge in [-0.15, -0.1) is 5.10 Å². The van der Waals surface area contributed by atoms with Crippen LogP contribution in [0.2, 0.25) is 0 Å². The number of aryl methyl sites for hydroxylation is 1. The highest BCUT2D eigenvalue weighted by Gasteiger charge is 2.30. The molecule has 0 radical (unpaired) electrons. The standard InChI is InChI=1S/C9H9F3N2O3/c1-4-5(2)13-14-7(6(4)8(15)16)17-3-9(10,11)12/h3H2,1-2H3,(H,15,16). The number of aromatic carboxylic acids is 1. The molecule has 0 bridgehead atoms. The number of nitrogens with zero attached hydrogens (tertiary/aromatic N) is 2. The Hall–Kier alpha value is -1.86. The van der Waals surface area contributed by atoms with Gasteiger partial charge in [-0.25, -0.2) is 4.79 Å². The Balaban J connectivity index is 3.08. The van der Waals surface area contributed by atoms with Crippen molar-refractivity contribution in [3.63, 3.8) is 0 Å². The lowest BCUT2D eigenvalue weighted by Gasteiger charge is -2.11. The molecule has 0 aliphatic rings. The van der Waals surface area contributed by atoms with Gasteiger partial charge in [-0.05, 0) is 19.4 Å². The molecule has 0 fully saturated rings. The molecule has 0 atom stereocenters. The zero-order valence-corrected chi connectivity index (χ0v) is 9.00. The lowest BCUT2D eigenvalue weighted by molar-refractivity contribution is -0.154.